The number of hydrogen-bond acceptors (Lipinski definition) is 5. The lowest BCUT2D eigenvalue weighted by atomic mass is 10.1. The Hall–Kier alpha value is -0.940. The van der Waals surface area contributed by atoms with Gasteiger partial charge in [-0.25, -0.2) is 4.99 Å². The van der Waals surface area contributed by atoms with Gasteiger partial charge in [0.2, 0.25) is 0 Å². The molecular formula is C16H31IN6O2. The minimum atomic E-state index is 0. The van der Waals surface area contributed by atoms with E-state index < -0.39 is 0 Å². The van der Waals surface area contributed by atoms with Crippen LogP contribution in [0, 0.1) is 12.8 Å². The first-order valence-electron chi connectivity index (χ1n) is 8.52. The molecular weight excluding hydrogens is 435 g/mol. The zero-order valence-corrected chi connectivity index (χ0v) is 18.0. The van der Waals surface area contributed by atoms with Crippen molar-refractivity contribution >= 4 is 29.9 Å². The van der Waals surface area contributed by atoms with Crippen LogP contribution >= 0.6 is 24.0 Å². The van der Waals surface area contributed by atoms with Crippen LogP contribution in [-0.4, -0.2) is 72.7 Å². The summed E-state index contributed by atoms with van der Waals surface area (Å²) in [7, 11) is 5.76. The summed E-state index contributed by atoms with van der Waals surface area (Å²) in [5, 5.41) is 11.7. The molecule has 2 heterocycles. The molecule has 0 radical (unpaired) electrons. The van der Waals surface area contributed by atoms with Crippen LogP contribution in [-0.2, 0) is 23.1 Å². The molecule has 9 heteroatoms. The predicted octanol–water partition coefficient (Wildman–Crippen LogP) is 1.19. The van der Waals surface area contributed by atoms with Crippen LogP contribution < -0.4 is 5.32 Å². The molecule has 1 saturated heterocycles. The molecule has 1 N–H and O–H groups in total. The topological polar surface area (TPSA) is 76.8 Å². The molecule has 144 valence electrons. The lowest BCUT2D eigenvalue weighted by Gasteiger charge is -2.25. The van der Waals surface area contributed by atoms with E-state index in [1.54, 1.807) is 7.11 Å². The highest BCUT2D eigenvalue weighted by Crippen LogP contribution is 2.13. The van der Waals surface area contributed by atoms with Crippen molar-refractivity contribution in [3.8, 4) is 0 Å². The van der Waals surface area contributed by atoms with Crippen molar-refractivity contribution in [1.82, 2.24) is 25.0 Å². The number of aryl methyl sites for hydroxylation is 1. The van der Waals surface area contributed by atoms with Crippen molar-refractivity contribution in [3.63, 3.8) is 0 Å². The molecule has 1 aromatic heterocycles. The molecule has 1 atom stereocenters. The number of guanidine groups is 1. The Morgan fingerprint density at radius 2 is 2.28 bits per heavy atom. The van der Waals surface area contributed by atoms with Crippen LogP contribution in [0.15, 0.2) is 4.99 Å². The minimum Gasteiger partial charge on any atom is -0.385 e. The fourth-order valence-corrected chi connectivity index (χ4v) is 2.66. The number of rotatable bonds is 8. The van der Waals surface area contributed by atoms with Gasteiger partial charge in [-0.05, 0) is 19.8 Å². The van der Waals surface area contributed by atoms with Gasteiger partial charge in [0.15, 0.2) is 11.8 Å². The van der Waals surface area contributed by atoms with Gasteiger partial charge >= 0.3 is 0 Å². The molecule has 0 bridgehead atoms. The zero-order valence-electron chi connectivity index (χ0n) is 15.7. The summed E-state index contributed by atoms with van der Waals surface area (Å²) < 4.78 is 12.6. The van der Waals surface area contributed by atoms with E-state index in [9.17, 15) is 0 Å². The first-order valence-corrected chi connectivity index (χ1v) is 8.52. The van der Waals surface area contributed by atoms with Crippen LogP contribution in [0.3, 0.4) is 0 Å². The first-order chi connectivity index (χ1) is 11.6. The van der Waals surface area contributed by atoms with Crippen molar-refractivity contribution in [2.24, 2.45) is 18.0 Å². The Balaban J connectivity index is 0.00000312. The highest BCUT2D eigenvalue weighted by atomic mass is 127. The number of hydrogen-bond donors (Lipinski definition) is 1. The normalized spacial score (nSPS) is 17.4. The van der Waals surface area contributed by atoms with Gasteiger partial charge in [-0.15, -0.1) is 34.2 Å². The molecule has 0 amide bonds. The van der Waals surface area contributed by atoms with Gasteiger partial charge < -0.3 is 24.3 Å². The van der Waals surface area contributed by atoms with Crippen molar-refractivity contribution in [2.75, 3.05) is 47.1 Å². The van der Waals surface area contributed by atoms with E-state index >= 15 is 0 Å². The quantitative estimate of drug-likeness (QED) is 0.269. The average molecular weight is 466 g/mol. The van der Waals surface area contributed by atoms with Crippen LogP contribution in [0.2, 0.25) is 0 Å². The maximum absolute atomic E-state index is 5.47. The maximum Gasteiger partial charge on any atom is 0.194 e. The number of halogens is 1. The zero-order chi connectivity index (χ0) is 17.4. The summed E-state index contributed by atoms with van der Waals surface area (Å²) in [6.07, 6.45) is 2.06. The number of nitrogens with one attached hydrogen (secondary N) is 1. The molecule has 0 spiro atoms. The van der Waals surface area contributed by atoms with E-state index in [4.69, 9.17) is 14.5 Å². The maximum atomic E-state index is 5.47. The highest BCUT2D eigenvalue weighted by Gasteiger charge is 2.19. The van der Waals surface area contributed by atoms with E-state index in [2.05, 4.69) is 27.5 Å². The van der Waals surface area contributed by atoms with Crippen molar-refractivity contribution < 1.29 is 9.47 Å². The van der Waals surface area contributed by atoms with Gasteiger partial charge in [-0.3, -0.25) is 0 Å². The third-order valence-electron chi connectivity index (χ3n) is 4.28. The molecule has 0 aliphatic carbocycles. The molecule has 1 aliphatic heterocycles. The Morgan fingerprint density at radius 1 is 1.48 bits per heavy atom. The largest absolute Gasteiger partial charge is 0.385 e. The number of aromatic nitrogens is 3. The first kappa shape index (κ1) is 22.1. The smallest absolute Gasteiger partial charge is 0.194 e. The van der Waals surface area contributed by atoms with E-state index in [0.717, 1.165) is 63.4 Å². The second kappa shape index (κ2) is 11.6. The number of methoxy groups -OCH3 is 1. The van der Waals surface area contributed by atoms with Crippen molar-refractivity contribution in [1.29, 1.82) is 0 Å². The van der Waals surface area contributed by atoms with Gasteiger partial charge in [-0.1, -0.05) is 0 Å². The molecule has 0 aromatic carbocycles. The number of nitrogens with zero attached hydrogens (tertiary/aromatic N) is 5. The van der Waals surface area contributed by atoms with Crippen LogP contribution in [0.4, 0.5) is 0 Å². The van der Waals surface area contributed by atoms with E-state index in [0.29, 0.717) is 12.5 Å². The summed E-state index contributed by atoms with van der Waals surface area (Å²) in [5.41, 5.74) is 0. The third kappa shape index (κ3) is 7.06. The molecule has 1 unspecified atom stereocenters. The van der Waals surface area contributed by atoms with E-state index in [-0.39, 0.29) is 24.0 Å². The minimum absolute atomic E-state index is 0. The second-order valence-electron chi connectivity index (χ2n) is 6.25. The van der Waals surface area contributed by atoms with Gasteiger partial charge in [0.25, 0.3) is 0 Å². The molecule has 1 aliphatic rings. The molecule has 1 aromatic rings. The van der Waals surface area contributed by atoms with Crippen molar-refractivity contribution in [3.05, 3.63) is 11.6 Å². The monoisotopic (exact) mass is 466 g/mol. The van der Waals surface area contributed by atoms with Gasteiger partial charge in [0.1, 0.15) is 12.4 Å². The van der Waals surface area contributed by atoms with Crippen molar-refractivity contribution in [2.45, 2.75) is 26.3 Å². The van der Waals surface area contributed by atoms with Crippen LogP contribution in [0.5, 0.6) is 0 Å². The Labute approximate surface area is 167 Å². The second-order valence-corrected chi connectivity index (χ2v) is 6.25. The van der Waals surface area contributed by atoms with Crippen LogP contribution in [0.25, 0.3) is 0 Å². The predicted molar refractivity (Wildman–Crippen MR) is 108 cm³/mol. The van der Waals surface area contributed by atoms with Gasteiger partial charge in [-0.2, -0.15) is 0 Å². The van der Waals surface area contributed by atoms with Gasteiger partial charge in [0, 0.05) is 53.4 Å². The molecule has 25 heavy (non-hydrogen) atoms. The summed E-state index contributed by atoms with van der Waals surface area (Å²) in [6.45, 7) is 6.66. The van der Waals surface area contributed by atoms with E-state index in [1.807, 2.05) is 18.5 Å². The summed E-state index contributed by atoms with van der Waals surface area (Å²) in [6, 6.07) is 0. The average Bonchev–Trinajstić information content (AvgIpc) is 3.18. The van der Waals surface area contributed by atoms with Gasteiger partial charge in [0.05, 0.1) is 6.61 Å². The molecule has 1 fully saturated rings. The standard InChI is InChI=1S/C16H30N6O2.HI/c1-13-19-20-15(22(13)3)10-18-16(17-7-5-8-23-4)21(2)11-14-6-9-24-12-14;/h14H,5-12H2,1-4H3,(H,17,18);1H. The Morgan fingerprint density at radius 3 is 2.88 bits per heavy atom. The number of aliphatic imine (C=N–C) groups is 1. The molecule has 2 rings (SSSR count). The molecule has 0 saturated carbocycles. The lowest BCUT2D eigenvalue weighted by Crippen LogP contribution is -2.42. The van der Waals surface area contributed by atoms with Crippen LogP contribution in [0.1, 0.15) is 24.5 Å². The lowest BCUT2D eigenvalue weighted by molar-refractivity contribution is 0.181. The third-order valence-corrected chi connectivity index (χ3v) is 4.28. The SMILES string of the molecule is COCCCNC(=NCc1nnc(C)n1C)N(C)CC1CCOC1.I. The highest BCUT2D eigenvalue weighted by molar-refractivity contribution is 14.0. The number of ether oxygens (including phenoxy) is 2. The summed E-state index contributed by atoms with van der Waals surface area (Å²) in [4.78, 5) is 6.91. The Bertz CT molecular complexity index is 531. The Kier molecular flexibility index (Phi) is 10.3. The fraction of sp³-hybridized carbons (Fsp3) is 0.812. The molecule has 8 nitrogen and oxygen atoms in total. The fourth-order valence-electron chi connectivity index (χ4n) is 2.66. The summed E-state index contributed by atoms with van der Waals surface area (Å²) >= 11 is 0. The summed E-state index contributed by atoms with van der Waals surface area (Å²) in [5.74, 6) is 3.21. The van der Waals surface area contributed by atoms with E-state index in [1.165, 1.54) is 0 Å².